The Morgan fingerprint density at radius 1 is 1.67 bits per heavy atom. The molecule has 1 rings (SSSR count). The van der Waals surface area contributed by atoms with E-state index < -0.39 is 4.93 Å². The number of rotatable bonds is 0. The molecule has 0 aromatic carbocycles. The van der Waals surface area contributed by atoms with Crippen molar-refractivity contribution in [2.45, 2.75) is 24.0 Å². The number of aliphatic hydroxyl groups is 1. The molecular formula is C6H12OS2. The summed E-state index contributed by atoms with van der Waals surface area (Å²) in [5.74, 6) is 1.95. The van der Waals surface area contributed by atoms with Crippen LogP contribution in [0.1, 0.15) is 13.8 Å². The predicted molar refractivity (Wildman–Crippen MR) is 45.0 cm³/mol. The summed E-state index contributed by atoms with van der Waals surface area (Å²) in [6.45, 7) is 4.09. The van der Waals surface area contributed by atoms with Crippen LogP contribution in [0.4, 0.5) is 0 Å². The molecular weight excluding hydrogens is 152 g/mol. The minimum absolute atomic E-state index is 0.461. The molecule has 2 atom stereocenters. The van der Waals surface area contributed by atoms with Gasteiger partial charge in [0.1, 0.15) is 4.93 Å². The van der Waals surface area contributed by atoms with E-state index in [1.807, 2.05) is 18.7 Å². The van der Waals surface area contributed by atoms with E-state index in [1.54, 1.807) is 11.8 Å². The van der Waals surface area contributed by atoms with E-state index in [1.165, 1.54) is 0 Å². The first-order valence-electron chi connectivity index (χ1n) is 3.08. The third-order valence-corrected chi connectivity index (χ3v) is 4.56. The van der Waals surface area contributed by atoms with E-state index in [-0.39, 0.29) is 0 Å². The van der Waals surface area contributed by atoms with Crippen molar-refractivity contribution < 1.29 is 5.11 Å². The number of thioether (sulfide) groups is 2. The van der Waals surface area contributed by atoms with Crippen LogP contribution in [-0.4, -0.2) is 26.8 Å². The van der Waals surface area contributed by atoms with Crippen LogP contribution < -0.4 is 0 Å². The average Bonchev–Trinajstić information content (AvgIpc) is 1.78. The lowest BCUT2D eigenvalue weighted by molar-refractivity contribution is 0.183. The van der Waals surface area contributed by atoms with Gasteiger partial charge in [-0.3, -0.25) is 0 Å². The normalized spacial score (nSPS) is 45.0. The second-order valence-corrected chi connectivity index (χ2v) is 5.54. The van der Waals surface area contributed by atoms with Gasteiger partial charge in [-0.05, 0) is 6.92 Å². The third kappa shape index (κ3) is 2.40. The first kappa shape index (κ1) is 7.76. The van der Waals surface area contributed by atoms with Crippen LogP contribution in [0.3, 0.4) is 0 Å². The summed E-state index contributed by atoms with van der Waals surface area (Å²) >= 11 is 3.52. The smallest absolute Gasteiger partial charge is 0.116 e. The summed E-state index contributed by atoms with van der Waals surface area (Å²) in [5.41, 5.74) is 0. The summed E-state index contributed by atoms with van der Waals surface area (Å²) in [7, 11) is 0. The van der Waals surface area contributed by atoms with Crippen molar-refractivity contribution in [2.75, 3.05) is 11.5 Å². The Kier molecular flexibility index (Phi) is 2.35. The van der Waals surface area contributed by atoms with E-state index in [2.05, 4.69) is 6.92 Å². The van der Waals surface area contributed by atoms with Gasteiger partial charge in [0, 0.05) is 16.8 Å². The van der Waals surface area contributed by atoms with Crippen molar-refractivity contribution in [3.8, 4) is 0 Å². The second kappa shape index (κ2) is 2.72. The predicted octanol–water partition coefficient (Wildman–Crippen LogP) is 1.56. The highest BCUT2D eigenvalue weighted by molar-refractivity contribution is 8.07. The van der Waals surface area contributed by atoms with Gasteiger partial charge < -0.3 is 5.11 Å². The summed E-state index contributed by atoms with van der Waals surface area (Å²) in [4.78, 5) is -0.461. The number of hydrogen-bond donors (Lipinski definition) is 1. The zero-order valence-electron chi connectivity index (χ0n) is 5.76. The fourth-order valence-corrected chi connectivity index (χ4v) is 3.00. The number of hydrogen-bond acceptors (Lipinski definition) is 3. The molecule has 0 radical (unpaired) electrons. The van der Waals surface area contributed by atoms with Gasteiger partial charge >= 0.3 is 0 Å². The van der Waals surface area contributed by atoms with Crippen LogP contribution >= 0.6 is 23.5 Å². The zero-order valence-corrected chi connectivity index (χ0v) is 7.39. The monoisotopic (exact) mass is 164 g/mol. The Bertz CT molecular complexity index is 93.2. The van der Waals surface area contributed by atoms with Crippen LogP contribution in [-0.2, 0) is 0 Å². The molecule has 0 spiro atoms. The first-order valence-corrected chi connectivity index (χ1v) is 5.11. The Morgan fingerprint density at radius 2 is 2.33 bits per heavy atom. The molecule has 0 aliphatic carbocycles. The Morgan fingerprint density at radius 3 is 2.67 bits per heavy atom. The molecule has 0 aromatic rings. The lowest BCUT2D eigenvalue weighted by Crippen LogP contribution is -2.30. The van der Waals surface area contributed by atoms with Gasteiger partial charge in [0.05, 0.1) is 0 Å². The van der Waals surface area contributed by atoms with Gasteiger partial charge in [0.15, 0.2) is 0 Å². The fourth-order valence-electron chi connectivity index (χ4n) is 0.684. The second-order valence-electron chi connectivity index (χ2n) is 2.61. The molecule has 54 valence electrons. The maximum absolute atomic E-state index is 9.43. The van der Waals surface area contributed by atoms with E-state index >= 15 is 0 Å². The van der Waals surface area contributed by atoms with E-state index in [4.69, 9.17) is 0 Å². The van der Waals surface area contributed by atoms with Gasteiger partial charge in [-0.25, -0.2) is 0 Å². The molecule has 1 fully saturated rings. The molecule has 0 saturated carbocycles. The maximum atomic E-state index is 9.43. The minimum Gasteiger partial charge on any atom is -0.379 e. The molecule has 1 saturated heterocycles. The SMILES string of the molecule is CC1CSC(C)(O)CS1. The van der Waals surface area contributed by atoms with Crippen molar-refractivity contribution in [2.24, 2.45) is 0 Å². The lowest BCUT2D eigenvalue weighted by atomic mass is 10.5. The van der Waals surface area contributed by atoms with Crippen LogP contribution in [0, 0.1) is 0 Å². The van der Waals surface area contributed by atoms with Crippen LogP contribution in [0.2, 0.25) is 0 Å². The molecule has 0 bridgehead atoms. The lowest BCUT2D eigenvalue weighted by Gasteiger charge is -2.30. The summed E-state index contributed by atoms with van der Waals surface area (Å²) in [6, 6.07) is 0. The molecule has 2 unspecified atom stereocenters. The Labute approximate surface area is 64.6 Å². The highest BCUT2D eigenvalue weighted by Gasteiger charge is 2.27. The van der Waals surface area contributed by atoms with Crippen molar-refractivity contribution in [3.63, 3.8) is 0 Å². The largest absolute Gasteiger partial charge is 0.379 e. The van der Waals surface area contributed by atoms with Gasteiger partial charge in [-0.1, -0.05) is 6.92 Å². The zero-order chi connectivity index (χ0) is 6.91. The van der Waals surface area contributed by atoms with E-state index in [9.17, 15) is 5.11 Å². The fraction of sp³-hybridized carbons (Fsp3) is 1.00. The van der Waals surface area contributed by atoms with Crippen molar-refractivity contribution in [1.82, 2.24) is 0 Å². The molecule has 0 amide bonds. The summed E-state index contributed by atoms with van der Waals surface area (Å²) in [5, 5.41) is 10.2. The molecule has 1 aliphatic heterocycles. The van der Waals surface area contributed by atoms with Gasteiger partial charge in [-0.2, -0.15) is 11.8 Å². The first-order chi connectivity index (χ1) is 4.10. The molecule has 0 aromatic heterocycles. The highest BCUT2D eigenvalue weighted by atomic mass is 32.2. The molecule has 1 N–H and O–H groups in total. The molecule has 1 heterocycles. The van der Waals surface area contributed by atoms with Crippen molar-refractivity contribution in [1.29, 1.82) is 0 Å². The summed E-state index contributed by atoms with van der Waals surface area (Å²) in [6.07, 6.45) is 0. The van der Waals surface area contributed by atoms with Gasteiger partial charge in [-0.15, -0.1) is 11.8 Å². The van der Waals surface area contributed by atoms with Crippen molar-refractivity contribution >= 4 is 23.5 Å². The van der Waals surface area contributed by atoms with Gasteiger partial charge in [0.25, 0.3) is 0 Å². The van der Waals surface area contributed by atoms with E-state index in [0.717, 1.165) is 16.8 Å². The molecule has 1 aliphatic rings. The van der Waals surface area contributed by atoms with Crippen LogP contribution in [0.15, 0.2) is 0 Å². The third-order valence-electron chi connectivity index (χ3n) is 1.26. The van der Waals surface area contributed by atoms with Gasteiger partial charge in [0.2, 0.25) is 0 Å². The van der Waals surface area contributed by atoms with Crippen molar-refractivity contribution in [3.05, 3.63) is 0 Å². The molecule has 9 heavy (non-hydrogen) atoms. The topological polar surface area (TPSA) is 20.2 Å². The highest BCUT2D eigenvalue weighted by Crippen LogP contribution is 2.35. The maximum Gasteiger partial charge on any atom is 0.116 e. The minimum atomic E-state index is -0.461. The Hall–Kier alpha value is 0.660. The standard InChI is InChI=1S/C6H12OS2/c1-5-3-9-6(2,7)4-8-5/h5,7H,3-4H2,1-2H3. The molecule has 1 nitrogen and oxygen atoms in total. The average molecular weight is 164 g/mol. The van der Waals surface area contributed by atoms with Crippen LogP contribution in [0.5, 0.6) is 0 Å². The Balaban J connectivity index is 2.35. The van der Waals surface area contributed by atoms with E-state index in [0.29, 0.717) is 0 Å². The van der Waals surface area contributed by atoms with Crippen LogP contribution in [0.25, 0.3) is 0 Å². The molecule has 3 heteroatoms. The summed E-state index contributed by atoms with van der Waals surface area (Å²) < 4.78 is 0. The quantitative estimate of drug-likeness (QED) is 0.587.